The molecule has 18 heavy (non-hydrogen) atoms. The van der Waals surface area contributed by atoms with E-state index < -0.39 is 17.7 Å². The standard InChI is InChI=1S/C15H14F2O/c1-9-4-3-5-12(10(9)2)15(18)11-6-7-13(16)14(17)8-11/h3-8,15,18H,1-2H3. The van der Waals surface area contributed by atoms with Crippen molar-refractivity contribution in [3.8, 4) is 0 Å². The summed E-state index contributed by atoms with van der Waals surface area (Å²) in [6.45, 7) is 3.84. The normalized spacial score (nSPS) is 12.5. The predicted octanol–water partition coefficient (Wildman–Crippen LogP) is 3.66. The average Bonchev–Trinajstić information content (AvgIpc) is 2.35. The minimum absolute atomic E-state index is 0.350. The molecule has 1 unspecified atom stereocenters. The van der Waals surface area contributed by atoms with Crippen LogP contribution in [0.3, 0.4) is 0 Å². The highest BCUT2D eigenvalue weighted by molar-refractivity contribution is 5.39. The molecule has 1 N–H and O–H groups in total. The van der Waals surface area contributed by atoms with E-state index in [1.165, 1.54) is 6.07 Å². The van der Waals surface area contributed by atoms with Crippen LogP contribution in [0, 0.1) is 25.5 Å². The second kappa shape index (κ2) is 4.86. The van der Waals surface area contributed by atoms with Crippen LogP contribution in [0.15, 0.2) is 36.4 Å². The fourth-order valence-corrected chi connectivity index (χ4v) is 1.93. The lowest BCUT2D eigenvalue weighted by molar-refractivity contribution is 0.218. The number of aliphatic hydroxyl groups excluding tert-OH is 1. The van der Waals surface area contributed by atoms with Crippen LogP contribution in [0.25, 0.3) is 0 Å². The molecular formula is C15H14F2O. The topological polar surface area (TPSA) is 20.2 Å². The molecule has 94 valence electrons. The van der Waals surface area contributed by atoms with E-state index in [-0.39, 0.29) is 0 Å². The zero-order valence-corrected chi connectivity index (χ0v) is 10.2. The predicted molar refractivity (Wildman–Crippen MR) is 66.3 cm³/mol. The van der Waals surface area contributed by atoms with E-state index in [1.54, 1.807) is 6.07 Å². The minimum Gasteiger partial charge on any atom is -0.384 e. The first-order valence-electron chi connectivity index (χ1n) is 5.70. The van der Waals surface area contributed by atoms with Crippen molar-refractivity contribution < 1.29 is 13.9 Å². The van der Waals surface area contributed by atoms with Gasteiger partial charge in [0.2, 0.25) is 0 Å². The molecule has 0 amide bonds. The Labute approximate surface area is 105 Å². The van der Waals surface area contributed by atoms with E-state index in [0.717, 1.165) is 23.3 Å². The lowest BCUT2D eigenvalue weighted by Gasteiger charge is -2.15. The first-order chi connectivity index (χ1) is 8.50. The van der Waals surface area contributed by atoms with Crippen molar-refractivity contribution in [2.24, 2.45) is 0 Å². The third-order valence-electron chi connectivity index (χ3n) is 3.20. The van der Waals surface area contributed by atoms with Gasteiger partial charge >= 0.3 is 0 Å². The molecule has 2 aromatic rings. The summed E-state index contributed by atoms with van der Waals surface area (Å²) < 4.78 is 26.0. The average molecular weight is 248 g/mol. The summed E-state index contributed by atoms with van der Waals surface area (Å²) >= 11 is 0. The molecule has 2 rings (SSSR count). The molecule has 1 nitrogen and oxygen atoms in total. The quantitative estimate of drug-likeness (QED) is 0.859. The van der Waals surface area contributed by atoms with Crippen LogP contribution < -0.4 is 0 Å². The fourth-order valence-electron chi connectivity index (χ4n) is 1.93. The van der Waals surface area contributed by atoms with Crippen molar-refractivity contribution in [3.05, 3.63) is 70.3 Å². The van der Waals surface area contributed by atoms with E-state index in [4.69, 9.17) is 0 Å². The van der Waals surface area contributed by atoms with Crippen molar-refractivity contribution in [1.29, 1.82) is 0 Å². The monoisotopic (exact) mass is 248 g/mol. The largest absolute Gasteiger partial charge is 0.384 e. The highest BCUT2D eigenvalue weighted by atomic mass is 19.2. The third kappa shape index (κ3) is 2.27. The molecule has 0 aliphatic rings. The summed E-state index contributed by atoms with van der Waals surface area (Å²) in [5.41, 5.74) is 3.06. The highest BCUT2D eigenvalue weighted by Crippen LogP contribution is 2.27. The molecule has 0 radical (unpaired) electrons. The van der Waals surface area contributed by atoms with E-state index in [9.17, 15) is 13.9 Å². The van der Waals surface area contributed by atoms with Gasteiger partial charge in [-0.05, 0) is 48.2 Å². The van der Waals surface area contributed by atoms with Crippen LogP contribution >= 0.6 is 0 Å². The van der Waals surface area contributed by atoms with Gasteiger partial charge in [-0.25, -0.2) is 8.78 Å². The molecule has 0 aliphatic carbocycles. The Morgan fingerprint density at radius 2 is 1.72 bits per heavy atom. The first-order valence-corrected chi connectivity index (χ1v) is 5.70. The van der Waals surface area contributed by atoms with E-state index in [2.05, 4.69) is 0 Å². The molecule has 0 spiro atoms. The first kappa shape index (κ1) is 12.7. The van der Waals surface area contributed by atoms with Gasteiger partial charge in [-0.3, -0.25) is 0 Å². The van der Waals surface area contributed by atoms with Gasteiger partial charge in [-0.15, -0.1) is 0 Å². The molecule has 1 atom stereocenters. The summed E-state index contributed by atoms with van der Waals surface area (Å²) in [5.74, 6) is -1.86. The van der Waals surface area contributed by atoms with Gasteiger partial charge in [0.05, 0.1) is 0 Å². The van der Waals surface area contributed by atoms with Crippen molar-refractivity contribution in [2.75, 3.05) is 0 Å². The van der Waals surface area contributed by atoms with Crippen LogP contribution in [0.5, 0.6) is 0 Å². The molecule has 0 aromatic heterocycles. The molecule has 0 heterocycles. The Kier molecular flexibility index (Phi) is 3.43. The van der Waals surface area contributed by atoms with E-state index in [1.807, 2.05) is 26.0 Å². The fraction of sp³-hybridized carbons (Fsp3) is 0.200. The summed E-state index contributed by atoms with van der Waals surface area (Å²) in [6, 6.07) is 9.01. The van der Waals surface area contributed by atoms with Crippen LogP contribution in [-0.2, 0) is 0 Å². The lowest BCUT2D eigenvalue weighted by Crippen LogP contribution is -2.04. The zero-order valence-electron chi connectivity index (χ0n) is 10.2. The molecule has 0 saturated carbocycles. The van der Waals surface area contributed by atoms with Crippen LogP contribution in [0.4, 0.5) is 8.78 Å². The number of hydrogen-bond acceptors (Lipinski definition) is 1. The van der Waals surface area contributed by atoms with Gasteiger partial charge in [-0.1, -0.05) is 24.3 Å². The molecule has 3 heteroatoms. The molecular weight excluding hydrogens is 234 g/mol. The zero-order chi connectivity index (χ0) is 13.3. The smallest absolute Gasteiger partial charge is 0.159 e. The van der Waals surface area contributed by atoms with Crippen molar-refractivity contribution in [1.82, 2.24) is 0 Å². The summed E-state index contributed by atoms with van der Waals surface area (Å²) in [5, 5.41) is 10.2. The molecule has 0 bridgehead atoms. The maximum atomic E-state index is 13.1. The van der Waals surface area contributed by atoms with Crippen molar-refractivity contribution >= 4 is 0 Å². The minimum atomic E-state index is -0.947. The van der Waals surface area contributed by atoms with Crippen LogP contribution in [-0.4, -0.2) is 5.11 Å². The van der Waals surface area contributed by atoms with E-state index in [0.29, 0.717) is 11.1 Å². The number of benzene rings is 2. The molecule has 2 aromatic carbocycles. The summed E-state index contributed by atoms with van der Waals surface area (Å²) in [4.78, 5) is 0. The third-order valence-corrected chi connectivity index (χ3v) is 3.20. The van der Waals surface area contributed by atoms with Crippen molar-refractivity contribution in [3.63, 3.8) is 0 Å². The molecule has 0 saturated heterocycles. The van der Waals surface area contributed by atoms with E-state index >= 15 is 0 Å². The van der Waals surface area contributed by atoms with Gasteiger partial charge in [-0.2, -0.15) is 0 Å². The van der Waals surface area contributed by atoms with Crippen LogP contribution in [0.2, 0.25) is 0 Å². The summed E-state index contributed by atoms with van der Waals surface area (Å²) in [7, 11) is 0. The van der Waals surface area contributed by atoms with Gasteiger partial charge in [0.1, 0.15) is 6.10 Å². The maximum absolute atomic E-state index is 13.1. The maximum Gasteiger partial charge on any atom is 0.159 e. The van der Waals surface area contributed by atoms with Crippen molar-refractivity contribution in [2.45, 2.75) is 20.0 Å². The number of aliphatic hydroxyl groups is 1. The number of hydrogen-bond donors (Lipinski definition) is 1. The number of rotatable bonds is 2. The summed E-state index contributed by atoms with van der Waals surface area (Å²) in [6.07, 6.45) is -0.944. The number of halogens is 2. The highest BCUT2D eigenvalue weighted by Gasteiger charge is 2.15. The Morgan fingerprint density at radius 1 is 1.00 bits per heavy atom. The molecule has 0 fully saturated rings. The Bertz CT molecular complexity index is 579. The van der Waals surface area contributed by atoms with Gasteiger partial charge in [0.15, 0.2) is 11.6 Å². The second-order valence-electron chi connectivity index (χ2n) is 4.37. The van der Waals surface area contributed by atoms with Gasteiger partial charge < -0.3 is 5.11 Å². The SMILES string of the molecule is Cc1cccc(C(O)c2ccc(F)c(F)c2)c1C. The second-order valence-corrected chi connectivity index (χ2v) is 4.37. The van der Waals surface area contributed by atoms with Crippen LogP contribution in [0.1, 0.15) is 28.4 Å². The molecule has 0 aliphatic heterocycles. The Hall–Kier alpha value is -1.74. The number of aryl methyl sites for hydroxylation is 1. The van der Waals surface area contributed by atoms with Gasteiger partial charge in [0, 0.05) is 0 Å². The Morgan fingerprint density at radius 3 is 2.39 bits per heavy atom. The Balaban J connectivity index is 2.44. The lowest BCUT2D eigenvalue weighted by atomic mass is 9.95. The van der Waals surface area contributed by atoms with Gasteiger partial charge in [0.25, 0.3) is 0 Å².